The van der Waals surface area contributed by atoms with E-state index in [0.29, 0.717) is 31.0 Å². The van der Waals surface area contributed by atoms with E-state index in [1.165, 1.54) is 6.42 Å². The molecule has 0 spiro atoms. The maximum absolute atomic E-state index is 10.1. The molecule has 0 amide bonds. The van der Waals surface area contributed by atoms with Crippen molar-refractivity contribution in [2.75, 3.05) is 20.2 Å². The largest absolute Gasteiger partial charge is 0.388 e. The van der Waals surface area contributed by atoms with Crippen LogP contribution < -0.4 is 10.6 Å². The Bertz CT molecular complexity index is 399. The fourth-order valence-corrected chi connectivity index (χ4v) is 3.56. The molecule has 1 aliphatic carbocycles. The van der Waals surface area contributed by atoms with Gasteiger partial charge in [0.25, 0.3) is 0 Å². The van der Waals surface area contributed by atoms with E-state index in [1.54, 1.807) is 7.05 Å². The molecule has 2 fully saturated rings. The molecule has 4 atom stereocenters. The summed E-state index contributed by atoms with van der Waals surface area (Å²) in [5.74, 6) is 1.34. The number of halogens is 1. The van der Waals surface area contributed by atoms with Crippen molar-refractivity contribution in [1.29, 1.82) is 0 Å². The minimum absolute atomic E-state index is 0. The van der Waals surface area contributed by atoms with Crippen LogP contribution in [0.3, 0.4) is 0 Å². The van der Waals surface area contributed by atoms with Gasteiger partial charge in [-0.2, -0.15) is 0 Å². The lowest BCUT2D eigenvalue weighted by Crippen LogP contribution is -2.71. The summed E-state index contributed by atoms with van der Waals surface area (Å²) in [6, 6.07) is 0.376. The fraction of sp³-hybridized carbons (Fsp3) is 0.938. The Kier molecular flexibility index (Phi) is 6.95. The zero-order valence-electron chi connectivity index (χ0n) is 14.5. The van der Waals surface area contributed by atoms with Gasteiger partial charge >= 0.3 is 0 Å². The normalized spacial score (nSPS) is 32.8. The van der Waals surface area contributed by atoms with Gasteiger partial charge in [-0.15, -0.1) is 24.0 Å². The second-order valence-electron chi connectivity index (χ2n) is 7.32. The molecule has 0 aromatic heterocycles. The van der Waals surface area contributed by atoms with Gasteiger partial charge in [0.15, 0.2) is 5.96 Å². The van der Waals surface area contributed by atoms with Crippen molar-refractivity contribution in [1.82, 2.24) is 10.6 Å². The first-order chi connectivity index (χ1) is 9.81. The Morgan fingerprint density at radius 3 is 2.73 bits per heavy atom. The van der Waals surface area contributed by atoms with Gasteiger partial charge in [0, 0.05) is 37.6 Å². The van der Waals surface area contributed by atoms with E-state index in [1.807, 2.05) is 13.8 Å². The van der Waals surface area contributed by atoms with Gasteiger partial charge in [0.05, 0.1) is 11.7 Å². The molecule has 0 aromatic carbocycles. The quantitative estimate of drug-likeness (QED) is 0.367. The van der Waals surface area contributed by atoms with Gasteiger partial charge in [0.2, 0.25) is 0 Å². The molecule has 0 aromatic rings. The van der Waals surface area contributed by atoms with Crippen LogP contribution in [0, 0.1) is 11.3 Å². The number of rotatable bonds is 4. The molecule has 0 radical (unpaired) electrons. The Morgan fingerprint density at radius 2 is 2.14 bits per heavy atom. The molecule has 5 nitrogen and oxygen atoms in total. The molecule has 1 saturated heterocycles. The number of guanidine groups is 1. The van der Waals surface area contributed by atoms with Crippen molar-refractivity contribution in [3.05, 3.63) is 0 Å². The summed E-state index contributed by atoms with van der Waals surface area (Å²) in [6.45, 7) is 9.73. The average Bonchev–Trinajstić information content (AvgIpc) is 2.47. The summed E-state index contributed by atoms with van der Waals surface area (Å²) in [7, 11) is 1.77. The molecule has 130 valence electrons. The number of fused-ring (bicyclic) bond motifs is 1. The highest BCUT2D eigenvalue weighted by molar-refractivity contribution is 14.0. The molecule has 0 bridgehead atoms. The van der Waals surface area contributed by atoms with Crippen LogP contribution >= 0.6 is 24.0 Å². The maximum atomic E-state index is 10.1. The highest BCUT2D eigenvalue weighted by Gasteiger charge is 2.58. The second kappa shape index (κ2) is 7.66. The van der Waals surface area contributed by atoms with Gasteiger partial charge in [-0.3, -0.25) is 4.99 Å². The number of hydrogen-bond acceptors (Lipinski definition) is 3. The molecule has 22 heavy (non-hydrogen) atoms. The molecule has 1 saturated carbocycles. The zero-order valence-corrected chi connectivity index (χ0v) is 16.8. The first-order valence-electron chi connectivity index (χ1n) is 8.13. The first-order valence-corrected chi connectivity index (χ1v) is 8.13. The lowest BCUT2D eigenvalue weighted by molar-refractivity contribution is -0.188. The van der Waals surface area contributed by atoms with Crippen LogP contribution in [0.4, 0.5) is 0 Å². The van der Waals surface area contributed by atoms with Gasteiger partial charge < -0.3 is 20.5 Å². The Morgan fingerprint density at radius 1 is 1.45 bits per heavy atom. The highest BCUT2D eigenvalue weighted by Crippen LogP contribution is 2.51. The van der Waals surface area contributed by atoms with Crippen molar-refractivity contribution in [2.45, 2.75) is 64.7 Å². The van der Waals surface area contributed by atoms with Crippen LogP contribution in [0.2, 0.25) is 0 Å². The monoisotopic (exact) mass is 425 g/mol. The van der Waals surface area contributed by atoms with E-state index < -0.39 is 5.60 Å². The molecule has 1 aliphatic heterocycles. The zero-order chi connectivity index (χ0) is 15.7. The third kappa shape index (κ3) is 4.06. The summed E-state index contributed by atoms with van der Waals surface area (Å²) < 4.78 is 5.93. The van der Waals surface area contributed by atoms with Crippen molar-refractivity contribution in [3.8, 4) is 0 Å². The predicted octanol–water partition coefficient (Wildman–Crippen LogP) is 2.13. The Balaban J connectivity index is 0.00000242. The average molecular weight is 425 g/mol. The second-order valence-corrected chi connectivity index (χ2v) is 7.32. The summed E-state index contributed by atoms with van der Waals surface area (Å²) >= 11 is 0. The third-order valence-corrected chi connectivity index (χ3v) is 5.25. The SMILES string of the molecule is CCC(C)(O)CNC(=NC)NC1C2CCCOC2C1(C)C.I. The van der Waals surface area contributed by atoms with Crippen LogP contribution in [0.5, 0.6) is 0 Å². The summed E-state index contributed by atoms with van der Waals surface area (Å²) in [4.78, 5) is 4.29. The number of aliphatic imine (C=N–C) groups is 1. The standard InChI is InChI=1S/C16H31N3O2.HI/c1-6-16(4,20)10-18-14(17-5)19-12-11-8-7-9-21-13(11)15(12,2)3;/h11-13,20H,6-10H2,1-5H3,(H2,17,18,19);1H. The maximum Gasteiger partial charge on any atom is 0.191 e. The van der Waals surface area contributed by atoms with Crippen LogP contribution in [0.1, 0.15) is 47.0 Å². The molecular formula is C16H32IN3O2. The molecule has 4 unspecified atom stereocenters. The van der Waals surface area contributed by atoms with E-state index in [0.717, 1.165) is 19.0 Å². The van der Waals surface area contributed by atoms with E-state index in [4.69, 9.17) is 4.74 Å². The number of ether oxygens (including phenoxy) is 1. The number of aliphatic hydroxyl groups is 1. The predicted molar refractivity (Wildman–Crippen MR) is 101 cm³/mol. The number of nitrogens with zero attached hydrogens (tertiary/aromatic N) is 1. The molecule has 2 rings (SSSR count). The van der Waals surface area contributed by atoms with Gasteiger partial charge in [0.1, 0.15) is 0 Å². The minimum atomic E-state index is -0.705. The molecule has 2 aliphatic rings. The smallest absolute Gasteiger partial charge is 0.191 e. The molecule has 1 heterocycles. The van der Waals surface area contributed by atoms with Crippen molar-refractivity contribution in [2.24, 2.45) is 16.3 Å². The Labute approximate surface area is 151 Å². The molecule has 3 N–H and O–H groups in total. The highest BCUT2D eigenvalue weighted by atomic mass is 127. The van der Waals surface area contributed by atoms with E-state index >= 15 is 0 Å². The molecule has 6 heteroatoms. The lowest BCUT2D eigenvalue weighted by atomic mass is 9.55. The number of hydrogen-bond donors (Lipinski definition) is 3. The van der Waals surface area contributed by atoms with Crippen molar-refractivity contribution >= 4 is 29.9 Å². The topological polar surface area (TPSA) is 65.9 Å². The van der Waals surface area contributed by atoms with Crippen molar-refractivity contribution in [3.63, 3.8) is 0 Å². The van der Waals surface area contributed by atoms with Crippen LogP contribution in [0.25, 0.3) is 0 Å². The van der Waals surface area contributed by atoms with Crippen LogP contribution in [-0.2, 0) is 4.74 Å². The number of nitrogens with one attached hydrogen (secondary N) is 2. The molecular weight excluding hydrogens is 393 g/mol. The van der Waals surface area contributed by atoms with E-state index in [2.05, 4.69) is 29.5 Å². The van der Waals surface area contributed by atoms with E-state index in [9.17, 15) is 5.11 Å². The van der Waals surface area contributed by atoms with Gasteiger partial charge in [-0.05, 0) is 26.2 Å². The minimum Gasteiger partial charge on any atom is -0.388 e. The van der Waals surface area contributed by atoms with Gasteiger partial charge in [-0.25, -0.2) is 0 Å². The first kappa shape index (κ1) is 20.0. The van der Waals surface area contributed by atoms with Gasteiger partial charge in [-0.1, -0.05) is 20.8 Å². The van der Waals surface area contributed by atoms with Crippen LogP contribution in [0.15, 0.2) is 4.99 Å². The third-order valence-electron chi connectivity index (χ3n) is 5.25. The van der Waals surface area contributed by atoms with Crippen molar-refractivity contribution < 1.29 is 9.84 Å². The fourth-order valence-electron chi connectivity index (χ4n) is 3.56. The van der Waals surface area contributed by atoms with Crippen LogP contribution in [-0.4, -0.2) is 49.0 Å². The lowest BCUT2D eigenvalue weighted by Gasteiger charge is -2.60. The van der Waals surface area contributed by atoms with E-state index in [-0.39, 0.29) is 29.4 Å². The Hall–Kier alpha value is -0.0800. The summed E-state index contributed by atoms with van der Waals surface area (Å²) in [5, 5.41) is 16.9. The summed E-state index contributed by atoms with van der Waals surface area (Å²) in [5.41, 5.74) is -0.584. The summed E-state index contributed by atoms with van der Waals surface area (Å²) in [6.07, 6.45) is 3.44.